The number of benzene rings is 1. The molecule has 0 spiro atoms. The van der Waals surface area contributed by atoms with Crippen LogP contribution in [0.4, 0.5) is 19.0 Å². The van der Waals surface area contributed by atoms with Gasteiger partial charge >= 0.3 is 68.9 Å². The number of pyridine rings is 1. The number of nitrogens with zero attached hydrogens (tertiary/aromatic N) is 3. The van der Waals surface area contributed by atoms with Gasteiger partial charge in [-0.25, -0.2) is 4.68 Å². The summed E-state index contributed by atoms with van der Waals surface area (Å²) in [4.78, 5) is 25.3. The number of rotatable bonds is 5. The molecule has 0 unspecified atom stereocenters. The zero-order chi connectivity index (χ0) is 23.0. The Morgan fingerprint density at radius 2 is 1.91 bits per heavy atom. The minimum atomic E-state index is -2.11. The molecule has 4 rings (SSSR count). The van der Waals surface area contributed by atoms with Crippen molar-refractivity contribution < 1.29 is 86.8 Å². The van der Waals surface area contributed by atoms with Gasteiger partial charge in [0.15, 0.2) is 12.2 Å². The maximum Gasteiger partial charge on any atom is 1.00 e. The quantitative estimate of drug-likeness (QED) is 0.447. The largest absolute Gasteiger partial charge is 1.00 e. The molecule has 1 saturated heterocycles. The predicted octanol–water partition coefficient (Wildman–Crippen LogP) is 0.539. The molecule has 7 nitrogen and oxygen atoms in total. The van der Waals surface area contributed by atoms with Gasteiger partial charge in [-0.05, 0) is 25.3 Å². The summed E-state index contributed by atoms with van der Waals surface area (Å²) in [6.07, 6.45) is 0.791. The Morgan fingerprint density at radius 3 is 2.58 bits per heavy atom. The Bertz CT molecular complexity index is 1270. The Morgan fingerprint density at radius 1 is 1.21 bits per heavy atom. The summed E-state index contributed by atoms with van der Waals surface area (Å²) in [5.41, 5.74) is -1.49. The van der Waals surface area contributed by atoms with E-state index in [1.165, 1.54) is 25.2 Å². The predicted molar refractivity (Wildman–Crippen MR) is 113 cm³/mol. The van der Waals surface area contributed by atoms with E-state index in [4.69, 9.17) is 4.74 Å². The van der Waals surface area contributed by atoms with Gasteiger partial charge in [-0.1, -0.05) is 11.6 Å². The Labute approximate surface area is 246 Å². The topological polar surface area (TPSA) is 78.2 Å². The molecule has 1 N–H and O–H groups in total. The minimum Gasteiger partial charge on any atom is -0.381 e. The SMILES string of the molecule is C[C@@H](Nc1nn(C)c(=O)c2cc(=O)n(C3CCOCC3)cc12)c1cccc([C-](F)F)c1F.[Cs+]. The van der Waals surface area contributed by atoms with Gasteiger partial charge in [0.2, 0.25) is 0 Å². The number of nitrogens with one attached hydrogen (secondary N) is 1. The first kappa shape index (κ1) is 26.4. The van der Waals surface area contributed by atoms with Gasteiger partial charge in [0.05, 0.1) is 5.39 Å². The van der Waals surface area contributed by atoms with E-state index in [1.54, 1.807) is 17.7 Å². The smallest absolute Gasteiger partial charge is 0.381 e. The van der Waals surface area contributed by atoms with E-state index in [0.717, 1.165) is 10.7 Å². The van der Waals surface area contributed by atoms with Crippen LogP contribution in [0.5, 0.6) is 0 Å². The monoisotopic (exact) mass is 580 g/mol. The molecule has 0 aliphatic carbocycles. The van der Waals surface area contributed by atoms with E-state index < -0.39 is 29.4 Å². The zero-order valence-corrected chi connectivity index (χ0v) is 24.9. The fourth-order valence-electron chi connectivity index (χ4n) is 4.01. The Hall–Kier alpha value is -1.22. The van der Waals surface area contributed by atoms with Gasteiger partial charge in [-0.15, -0.1) is 6.07 Å². The number of aryl methyl sites for hydroxylation is 1. The van der Waals surface area contributed by atoms with Crippen molar-refractivity contribution in [3.63, 3.8) is 0 Å². The van der Waals surface area contributed by atoms with Crippen molar-refractivity contribution in [2.75, 3.05) is 18.5 Å². The molecule has 3 aromatic rings. The minimum absolute atomic E-state index is 0. The van der Waals surface area contributed by atoms with Crippen LogP contribution in [0.3, 0.4) is 0 Å². The van der Waals surface area contributed by atoms with E-state index in [1.807, 2.05) is 0 Å². The molecule has 1 fully saturated rings. The summed E-state index contributed by atoms with van der Waals surface area (Å²) in [5, 5.41) is 7.83. The summed E-state index contributed by atoms with van der Waals surface area (Å²) < 4.78 is 48.7. The second-order valence-electron chi connectivity index (χ2n) is 7.80. The Kier molecular flexibility index (Phi) is 8.81. The van der Waals surface area contributed by atoms with Gasteiger partial charge in [0.1, 0.15) is 0 Å². The van der Waals surface area contributed by atoms with Crippen molar-refractivity contribution in [3.05, 3.63) is 74.5 Å². The van der Waals surface area contributed by atoms with Crippen LogP contribution in [0.1, 0.15) is 43.0 Å². The van der Waals surface area contributed by atoms with Crippen molar-refractivity contribution in [1.29, 1.82) is 0 Å². The first-order valence-electron chi connectivity index (χ1n) is 10.2. The summed E-state index contributed by atoms with van der Waals surface area (Å²) in [7, 11) is 1.44. The average Bonchev–Trinajstić information content (AvgIpc) is 2.77. The maximum atomic E-state index is 14.6. The molecule has 0 amide bonds. The first-order valence-corrected chi connectivity index (χ1v) is 10.2. The zero-order valence-electron chi connectivity index (χ0n) is 18.6. The summed E-state index contributed by atoms with van der Waals surface area (Å²) in [6.45, 7) is 2.67. The molecule has 170 valence electrons. The molecule has 33 heavy (non-hydrogen) atoms. The van der Waals surface area contributed by atoms with E-state index in [2.05, 4.69) is 10.4 Å². The molecule has 1 aromatic carbocycles. The van der Waals surface area contributed by atoms with E-state index >= 15 is 0 Å². The third-order valence-electron chi connectivity index (χ3n) is 5.75. The third-order valence-corrected chi connectivity index (χ3v) is 5.75. The van der Waals surface area contributed by atoms with Crippen molar-refractivity contribution in [1.82, 2.24) is 14.3 Å². The van der Waals surface area contributed by atoms with Crippen molar-refractivity contribution in [2.45, 2.75) is 31.8 Å². The normalized spacial score (nSPS) is 15.2. The second-order valence-corrected chi connectivity index (χ2v) is 7.80. The fraction of sp³-hybridized carbons (Fsp3) is 0.364. The molecular formula is C22H22CsF3N4O3. The first-order chi connectivity index (χ1) is 15.3. The number of anilines is 1. The van der Waals surface area contributed by atoms with Crippen molar-refractivity contribution in [2.24, 2.45) is 7.05 Å². The van der Waals surface area contributed by atoms with Gasteiger partial charge in [0.25, 0.3) is 11.1 Å². The van der Waals surface area contributed by atoms with Crippen molar-refractivity contribution >= 4 is 16.6 Å². The van der Waals surface area contributed by atoms with Gasteiger partial charge < -0.3 is 14.6 Å². The van der Waals surface area contributed by atoms with Gasteiger partial charge in [-0.3, -0.25) is 22.8 Å². The van der Waals surface area contributed by atoms with Gasteiger partial charge in [0, 0.05) is 55.8 Å². The van der Waals surface area contributed by atoms with Crippen LogP contribution < -0.4 is 85.3 Å². The molecule has 1 aliphatic heterocycles. The van der Waals surface area contributed by atoms with Crippen LogP contribution in [-0.2, 0) is 11.8 Å². The number of hydrogen-bond acceptors (Lipinski definition) is 5. The molecule has 0 radical (unpaired) electrons. The number of halogens is 3. The summed E-state index contributed by atoms with van der Waals surface area (Å²) in [6, 6.07) is 4.21. The molecule has 11 heteroatoms. The molecule has 0 saturated carbocycles. The maximum absolute atomic E-state index is 14.6. The van der Waals surface area contributed by atoms with Crippen LogP contribution in [0.25, 0.3) is 10.8 Å². The van der Waals surface area contributed by atoms with E-state index in [9.17, 15) is 22.8 Å². The van der Waals surface area contributed by atoms with Gasteiger partial charge in [-0.2, -0.15) is 11.2 Å². The Balaban J connectivity index is 0.00000306. The molecule has 0 bridgehead atoms. The molecule has 3 heterocycles. The van der Waals surface area contributed by atoms with Crippen LogP contribution in [0.2, 0.25) is 0 Å². The van der Waals surface area contributed by atoms with Crippen LogP contribution in [0, 0.1) is 12.2 Å². The van der Waals surface area contributed by atoms with Crippen LogP contribution >= 0.6 is 0 Å². The van der Waals surface area contributed by atoms with Crippen molar-refractivity contribution in [3.8, 4) is 0 Å². The standard InChI is InChI=1S/C22H22F3N4O3.Cs/c1-12(14-4-3-5-15(19(14)23)20(24)25)26-21-17-11-29(13-6-8-32-9-7-13)18(30)10-16(17)22(31)28(2)27-21;/h3-5,10-13H,6-9H2,1-2H3,(H,26,27);/q-1;+1/t12-;/m1./s1. The molecule has 1 aliphatic rings. The third kappa shape index (κ3) is 5.39. The molecule has 1 atom stereocenters. The molecular weight excluding hydrogens is 558 g/mol. The summed E-state index contributed by atoms with van der Waals surface area (Å²) in [5.74, 6) is -0.786. The fourth-order valence-corrected chi connectivity index (χ4v) is 4.01. The average molecular weight is 580 g/mol. The van der Waals surface area contributed by atoms with E-state index in [0.29, 0.717) is 31.4 Å². The number of ether oxygens (including phenoxy) is 1. The van der Waals surface area contributed by atoms with Crippen LogP contribution in [-0.4, -0.2) is 27.6 Å². The molecule has 2 aromatic heterocycles. The second kappa shape index (κ2) is 11.0. The van der Waals surface area contributed by atoms with Crippen LogP contribution in [0.15, 0.2) is 40.1 Å². The number of aromatic nitrogens is 3. The number of fused-ring (bicyclic) bond motifs is 1. The number of hydrogen-bond donors (Lipinski definition) is 1. The van der Waals surface area contributed by atoms with E-state index in [-0.39, 0.29) is 97.3 Å². The summed E-state index contributed by atoms with van der Waals surface area (Å²) >= 11 is 0.